The second-order valence-corrected chi connectivity index (χ2v) is 9.08. The number of oxime groups is 1. The number of nitrogens with zero attached hydrogens (tertiary/aromatic N) is 2. The van der Waals surface area contributed by atoms with Crippen LogP contribution in [-0.2, 0) is 11.8 Å². The second kappa shape index (κ2) is 6.58. The van der Waals surface area contributed by atoms with Crippen molar-refractivity contribution in [3.05, 3.63) is 66.2 Å². The van der Waals surface area contributed by atoms with E-state index in [1.165, 1.54) is 0 Å². The number of para-hydroxylation sites is 1. The number of phenolic OH excluding ortho intramolecular Hbond substituents is 1. The molecule has 1 saturated carbocycles. The molecule has 6 nitrogen and oxygen atoms in total. The smallest absolute Gasteiger partial charge is 0.166 e. The molecule has 0 aromatic heterocycles. The van der Waals surface area contributed by atoms with Crippen LogP contribution in [0.4, 0.5) is 0 Å². The van der Waals surface area contributed by atoms with Crippen LogP contribution in [0.2, 0.25) is 0 Å². The van der Waals surface area contributed by atoms with Crippen LogP contribution in [0.1, 0.15) is 30.4 Å². The van der Waals surface area contributed by atoms with Gasteiger partial charge in [0.25, 0.3) is 0 Å². The molecule has 2 bridgehead atoms. The zero-order chi connectivity index (χ0) is 21.2. The predicted octanol–water partition coefficient (Wildman–Crippen LogP) is 3.17. The molecule has 6 rings (SSSR count). The number of aliphatic hydroxyl groups is 1. The summed E-state index contributed by atoms with van der Waals surface area (Å²) in [5.74, 6) is 1.29. The maximum absolute atomic E-state index is 12.3. The first-order chi connectivity index (χ1) is 15.1. The van der Waals surface area contributed by atoms with Gasteiger partial charge in [0.2, 0.25) is 0 Å². The van der Waals surface area contributed by atoms with Gasteiger partial charge in [0.15, 0.2) is 23.4 Å². The van der Waals surface area contributed by atoms with Crippen molar-refractivity contribution in [1.29, 1.82) is 0 Å². The molecule has 0 amide bonds. The number of hydrogen-bond acceptors (Lipinski definition) is 6. The quantitative estimate of drug-likeness (QED) is 0.589. The van der Waals surface area contributed by atoms with E-state index in [1.54, 1.807) is 6.07 Å². The summed E-state index contributed by atoms with van der Waals surface area (Å²) in [6.45, 7) is 5.49. The summed E-state index contributed by atoms with van der Waals surface area (Å²) in [5.41, 5.74) is 1.31. The molecule has 1 spiro atoms. The summed E-state index contributed by atoms with van der Waals surface area (Å²) in [6, 6.07) is 13.1. The first-order valence-electron chi connectivity index (χ1n) is 11.0. The average Bonchev–Trinajstić information content (AvgIpc) is 3.13. The van der Waals surface area contributed by atoms with E-state index in [-0.39, 0.29) is 11.8 Å². The molecule has 2 aliphatic heterocycles. The van der Waals surface area contributed by atoms with Crippen molar-refractivity contribution in [2.45, 2.75) is 48.8 Å². The van der Waals surface area contributed by atoms with Gasteiger partial charge in [-0.25, -0.2) is 0 Å². The molecule has 2 heterocycles. The highest BCUT2D eigenvalue weighted by molar-refractivity contribution is 5.94. The van der Waals surface area contributed by atoms with E-state index in [2.05, 4.69) is 16.6 Å². The molecule has 0 radical (unpaired) electrons. The van der Waals surface area contributed by atoms with Crippen molar-refractivity contribution in [2.24, 2.45) is 5.16 Å². The van der Waals surface area contributed by atoms with E-state index in [0.717, 1.165) is 42.8 Å². The number of phenols is 1. The summed E-state index contributed by atoms with van der Waals surface area (Å²) < 4.78 is 6.41. The van der Waals surface area contributed by atoms with E-state index < -0.39 is 17.1 Å². The van der Waals surface area contributed by atoms with Crippen LogP contribution in [0.15, 0.2) is 60.3 Å². The van der Waals surface area contributed by atoms with Gasteiger partial charge in [-0.1, -0.05) is 35.5 Å². The Bertz CT molecular complexity index is 1080. The number of piperidine rings is 1. The summed E-state index contributed by atoms with van der Waals surface area (Å²) in [4.78, 5) is 8.07. The Labute approximate surface area is 181 Å². The molecule has 4 atom stereocenters. The third kappa shape index (κ3) is 2.37. The minimum absolute atomic E-state index is 0.0232. The lowest BCUT2D eigenvalue weighted by Gasteiger charge is -2.62. The maximum atomic E-state index is 12.3. The molecule has 2 aromatic carbocycles. The first-order valence-corrected chi connectivity index (χ1v) is 11.0. The standard InChI is InChI=1S/C25H26N2O4/c1-2-13-27-14-12-24-21-16-8-9-19(28)22(21)30-23(24)18(10-11-25(24,29)20(27)15-16)26-31-17-6-4-3-5-7-17/h2-9,20,23,28-29H,1,10-15H2/t20-,23+,24+,25?/m1/s1. The van der Waals surface area contributed by atoms with Gasteiger partial charge in [-0.05, 0) is 49.4 Å². The lowest BCUT2D eigenvalue weighted by Crippen LogP contribution is -2.76. The van der Waals surface area contributed by atoms with E-state index >= 15 is 0 Å². The van der Waals surface area contributed by atoms with Crippen LogP contribution in [-0.4, -0.2) is 51.7 Å². The zero-order valence-electron chi connectivity index (χ0n) is 17.3. The van der Waals surface area contributed by atoms with Gasteiger partial charge in [-0.3, -0.25) is 4.90 Å². The molecule has 1 unspecified atom stereocenters. The Kier molecular flexibility index (Phi) is 4.01. The van der Waals surface area contributed by atoms with Gasteiger partial charge in [0.1, 0.15) is 0 Å². The minimum atomic E-state index is -0.962. The van der Waals surface area contributed by atoms with Crippen molar-refractivity contribution < 1.29 is 19.8 Å². The number of aromatic hydroxyl groups is 1. The monoisotopic (exact) mass is 418 g/mol. The molecule has 2 N–H and O–H groups in total. The van der Waals surface area contributed by atoms with Crippen LogP contribution >= 0.6 is 0 Å². The Hall–Kier alpha value is -2.83. The summed E-state index contributed by atoms with van der Waals surface area (Å²) in [7, 11) is 0. The van der Waals surface area contributed by atoms with Gasteiger partial charge >= 0.3 is 0 Å². The Morgan fingerprint density at radius 3 is 2.87 bits per heavy atom. The van der Waals surface area contributed by atoms with Crippen molar-refractivity contribution >= 4 is 5.71 Å². The number of benzene rings is 2. The SMILES string of the molecule is C=CCN1CC[C@]23c4c5ccc(O)c4O[C@H]2C(=NOc2ccccc2)CCC3(O)[C@H]1C5. The van der Waals surface area contributed by atoms with E-state index in [4.69, 9.17) is 9.57 Å². The Morgan fingerprint density at radius 1 is 1.23 bits per heavy atom. The minimum Gasteiger partial charge on any atom is -0.504 e. The summed E-state index contributed by atoms with van der Waals surface area (Å²) >= 11 is 0. The third-order valence-electron chi connectivity index (χ3n) is 7.76. The molecule has 31 heavy (non-hydrogen) atoms. The highest BCUT2D eigenvalue weighted by Gasteiger charge is 2.72. The van der Waals surface area contributed by atoms with Gasteiger partial charge in [-0.15, -0.1) is 6.58 Å². The first kappa shape index (κ1) is 18.9. The van der Waals surface area contributed by atoms with Gasteiger partial charge in [-0.2, -0.15) is 0 Å². The third-order valence-corrected chi connectivity index (χ3v) is 7.76. The molecule has 2 aromatic rings. The molecule has 6 heteroatoms. The van der Waals surface area contributed by atoms with Crippen molar-refractivity contribution in [3.8, 4) is 17.2 Å². The number of likely N-dealkylation sites (tertiary alicyclic amines) is 1. The molecule has 160 valence electrons. The fourth-order valence-corrected chi connectivity index (χ4v) is 6.50. The van der Waals surface area contributed by atoms with Crippen molar-refractivity contribution in [2.75, 3.05) is 13.1 Å². The number of rotatable bonds is 4. The van der Waals surface area contributed by atoms with Crippen molar-refractivity contribution in [1.82, 2.24) is 4.90 Å². The van der Waals surface area contributed by atoms with Gasteiger partial charge in [0.05, 0.1) is 16.7 Å². The Morgan fingerprint density at radius 2 is 2.06 bits per heavy atom. The average molecular weight is 418 g/mol. The molecule has 2 aliphatic carbocycles. The zero-order valence-corrected chi connectivity index (χ0v) is 17.3. The number of ether oxygens (including phenoxy) is 1. The Balaban J connectivity index is 1.49. The number of hydrogen-bond donors (Lipinski definition) is 2. The lowest BCUT2D eigenvalue weighted by atomic mass is 9.49. The maximum Gasteiger partial charge on any atom is 0.166 e. The highest BCUT2D eigenvalue weighted by Crippen LogP contribution is 2.64. The van der Waals surface area contributed by atoms with Crippen LogP contribution in [0.25, 0.3) is 0 Å². The molecule has 2 fully saturated rings. The van der Waals surface area contributed by atoms with E-state index in [1.807, 2.05) is 42.5 Å². The van der Waals surface area contributed by atoms with Crippen LogP contribution < -0.4 is 9.57 Å². The van der Waals surface area contributed by atoms with Crippen LogP contribution in [0.5, 0.6) is 17.2 Å². The van der Waals surface area contributed by atoms with E-state index in [9.17, 15) is 10.2 Å². The van der Waals surface area contributed by atoms with Crippen molar-refractivity contribution in [3.63, 3.8) is 0 Å². The fourth-order valence-electron chi connectivity index (χ4n) is 6.50. The summed E-state index contributed by atoms with van der Waals surface area (Å²) in [5, 5.41) is 27.4. The topological polar surface area (TPSA) is 74.5 Å². The summed E-state index contributed by atoms with van der Waals surface area (Å²) in [6.07, 6.45) is 4.08. The largest absolute Gasteiger partial charge is 0.504 e. The van der Waals surface area contributed by atoms with Gasteiger partial charge < -0.3 is 19.8 Å². The normalized spacial score (nSPS) is 34.2. The van der Waals surface area contributed by atoms with Crippen LogP contribution in [0.3, 0.4) is 0 Å². The van der Waals surface area contributed by atoms with Gasteiger partial charge in [0, 0.05) is 24.7 Å². The molecular weight excluding hydrogens is 392 g/mol. The second-order valence-electron chi connectivity index (χ2n) is 9.08. The lowest BCUT2D eigenvalue weighted by molar-refractivity contribution is -0.164. The van der Waals surface area contributed by atoms with E-state index in [0.29, 0.717) is 24.3 Å². The highest BCUT2D eigenvalue weighted by atomic mass is 16.6. The predicted molar refractivity (Wildman–Crippen MR) is 117 cm³/mol. The molecule has 1 saturated heterocycles. The van der Waals surface area contributed by atoms with Crippen LogP contribution in [0, 0.1) is 0 Å². The molecular formula is C25H26N2O4. The molecule has 4 aliphatic rings. The fraction of sp³-hybridized carbons (Fsp3) is 0.400.